The molecule has 4 nitrogen and oxygen atoms in total. The normalized spacial score (nSPS) is 16.2. The van der Waals surface area contributed by atoms with Crippen LogP contribution in [0.15, 0.2) is 41.8 Å². The molecule has 0 saturated carbocycles. The van der Waals surface area contributed by atoms with E-state index < -0.39 is 5.91 Å². The van der Waals surface area contributed by atoms with Gasteiger partial charge in [-0.15, -0.1) is 22.7 Å². The summed E-state index contributed by atoms with van der Waals surface area (Å²) < 4.78 is 16.1. The molecule has 2 heterocycles. The molecule has 1 amide bonds. The highest BCUT2D eigenvalue weighted by Crippen LogP contribution is 2.41. The van der Waals surface area contributed by atoms with Crippen LogP contribution in [0.3, 0.4) is 0 Å². The number of aromatic nitrogens is 1. The first-order chi connectivity index (χ1) is 15.0. The number of benzene rings is 2. The predicted octanol–water partition coefficient (Wildman–Crippen LogP) is 6.25. The van der Waals surface area contributed by atoms with Crippen LogP contribution >= 0.6 is 22.7 Å². The number of hydrogen-bond acceptors (Lipinski definition) is 5. The molecule has 0 saturated heterocycles. The Kier molecular flexibility index (Phi) is 5.33. The molecule has 1 aliphatic carbocycles. The van der Waals surface area contributed by atoms with E-state index >= 15 is 0 Å². The van der Waals surface area contributed by atoms with Gasteiger partial charge < -0.3 is 0 Å². The van der Waals surface area contributed by atoms with E-state index in [4.69, 9.17) is 10.2 Å². The molecule has 4 aromatic rings. The zero-order valence-corrected chi connectivity index (χ0v) is 18.6. The molecular weight excluding hydrogens is 431 g/mol. The second kappa shape index (κ2) is 8.15. The number of rotatable bonds is 3. The minimum Gasteiger partial charge on any atom is -0.288 e. The van der Waals surface area contributed by atoms with Gasteiger partial charge >= 0.3 is 0 Å². The van der Waals surface area contributed by atoms with Crippen LogP contribution in [0.25, 0.3) is 20.7 Å². The summed E-state index contributed by atoms with van der Waals surface area (Å²) in [6, 6.07) is 11.3. The Balaban J connectivity index is 1.46. The zero-order chi connectivity index (χ0) is 21.5. The molecule has 2 N–H and O–H groups in total. The van der Waals surface area contributed by atoms with E-state index in [1.54, 1.807) is 34.2 Å². The number of carbonyl (C=O) groups is 1. The Morgan fingerprint density at radius 2 is 2.13 bits per heavy atom. The predicted molar refractivity (Wildman–Crippen MR) is 123 cm³/mol. The monoisotopic (exact) mass is 452 g/mol. The van der Waals surface area contributed by atoms with Crippen molar-refractivity contribution in [2.75, 3.05) is 0 Å². The van der Waals surface area contributed by atoms with Crippen LogP contribution in [0, 0.1) is 12.7 Å². The van der Waals surface area contributed by atoms with Gasteiger partial charge in [-0.3, -0.25) is 10.0 Å². The lowest BCUT2D eigenvalue weighted by Gasteiger charge is -2.13. The zero-order valence-electron chi connectivity index (χ0n) is 16.9. The highest BCUT2D eigenvalue weighted by Gasteiger charge is 2.25. The van der Waals surface area contributed by atoms with Gasteiger partial charge in [0.15, 0.2) is 0 Å². The molecule has 0 bridgehead atoms. The van der Waals surface area contributed by atoms with E-state index in [2.05, 4.69) is 36.6 Å². The highest BCUT2D eigenvalue weighted by atomic mass is 32.1. The third kappa shape index (κ3) is 3.67. The second-order valence-corrected chi connectivity index (χ2v) is 9.90. The van der Waals surface area contributed by atoms with Crippen LogP contribution < -0.4 is 5.48 Å². The first-order valence-corrected chi connectivity index (χ1v) is 11.9. The molecule has 1 atom stereocenters. The van der Waals surface area contributed by atoms with Gasteiger partial charge in [0, 0.05) is 21.6 Å². The van der Waals surface area contributed by atoms with Gasteiger partial charge in [0.2, 0.25) is 0 Å². The number of carbonyl (C=O) groups excluding carboxylic acids is 1. The maximum Gasteiger partial charge on any atom is 0.274 e. The third-order valence-electron chi connectivity index (χ3n) is 6.05. The van der Waals surface area contributed by atoms with Crippen molar-refractivity contribution >= 4 is 38.7 Å². The summed E-state index contributed by atoms with van der Waals surface area (Å²) in [5.74, 6) is -0.924. The molecule has 2 aromatic carbocycles. The van der Waals surface area contributed by atoms with Gasteiger partial charge in [0.05, 0.1) is 15.6 Å². The molecule has 2 aromatic heterocycles. The summed E-state index contributed by atoms with van der Waals surface area (Å²) in [6.45, 7) is 2.14. The second-order valence-electron chi connectivity index (χ2n) is 7.95. The molecule has 1 aliphatic rings. The summed E-state index contributed by atoms with van der Waals surface area (Å²) in [7, 11) is 0. The fraction of sp³-hybridized carbons (Fsp3) is 0.250. The fourth-order valence-corrected chi connectivity index (χ4v) is 6.63. The number of amides is 1. The van der Waals surface area contributed by atoms with E-state index in [9.17, 15) is 9.18 Å². The maximum atomic E-state index is 14.9. The van der Waals surface area contributed by atoms with Gasteiger partial charge in [-0.1, -0.05) is 18.2 Å². The van der Waals surface area contributed by atoms with Crippen molar-refractivity contribution in [3.63, 3.8) is 0 Å². The smallest absolute Gasteiger partial charge is 0.274 e. The van der Waals surface area contributed by atoms with Crippen molar-refractivity contribution in [1.29, 1.82) is 0 Å². The topological polar surface area (TPSA) is 62.2 Å². The summed E-state index contributed by atoms with van der Waals surface area (Å²) >= 11 is 3.41. The summed E-state index contributed by atoms with van der Waals surface area (Å²) in [4.78, 5) is 17.9. The van der Waals surface area contributed by atoms with Crippen LogP contribution in [-0.4, -0.2) is 16.1 Å². The van der Waals surface area contributed by atoms with Crippen molar-refractivity contribution in [3.05, 3.63) is 74.9 Å². The third-order valence-corrected chi connectivity index (χ3v) is 8.35. The van der Waals surface area contributed by atoms with Gasteiger partial charge in [-0.2, -0.15) is 0 Å². The average Bonchev–Trinajstić information content (AvgIpc) is 3.32. The van der Waals surface area contributed by atoms with Gasteiger partial charge in [-0.05, 0) is 72.9 Å². The van der Waals surface area contributed by atoms with Gasteiger partial charge in [-0.25, -0.2) is 14.9 Å². The number of fused-ring (bicyclic) bond motifs is 2. The number of hydroxylamine groups is 1. The molecule has 158 valence electrons. The Hall–Kier alpha value is -2.61. The summed E-state index contributed by atoms with van der Waals surface area (Å²) in [5, 5.41) is 13.3. The quantitative estimate of drug-likeness (QED) is 0.219. The Labute approximate surface area is 187 Å². The number of thiazole rings is 1. The van der Waals surface area contributed by atoms with Gasteiger partial charge in [0.1, 0.15) is 5.82 Å². The molecule has 5 rings (SSSR count). The number of hydrogen-bond donors (Lipinski definition) is 2. The van der Waals surface area contributed by atoms with Crippen LogP contribution in [0.2, 0.25) is 0 Å². The minimum absolute atomic E-state index is 0.147. The van der Waals surface area contributed by atoms with Crippen LogP contribution in [0.1, 0.15) is 50.8 Å². The molecule has 31 heavy (non-hydrogen) atoms. The van der Waals surface area contributed by atoms with Crippen LogP contribution in [-0.2, 0) is 12.8 Å². The molecule has 0 radical (unpaired) electrons. The van der Waals surface area contributed by atoms with Crippen molar-refractivity contribution in [3.8, 4) is 10.6 Å². The van der Waals surface area contributed by atoms with Crippen molar-refractivity contribution in [1.82, 2.24) is 10.5 Å². The van der Waals surface area contributed by atoms with E-state index in [1.165, 1.54) is 26.6 Å². The van der Waals surface area contributed by atoms with E-state index in [0.717, 1.165) is 29.1 Å². The largest absolute Gasteiger partial charge is 0.288 e. The standard InChI is InChI=1S/C24H21FN2O2S2/c1-13-17-7-2-3-8-21(17)31-22(13)20-12-30-24(26-20)15-6-4-5-14-9-16(23(28)27-29)11-19(25)18(14)10-15/h2-3,7-9,11-12,15,29H,4-6,10H2,1H3,(H,27,28). The van der Waals surface area contributed by atoms with E-state index in [-0.39, 0.29) is 17.3 Å². The minimum atomic E-state index is -0.689. The SMILES string of the molecule is Cc1c(-c2csc(C3CCCc4cc(C(=O)NO)cc(F)c4C3)n2)sc2ccccc12. The van der Waals surface area contributed by atoms with E-state index in [1.807, 2.05) is 0 Å². The Bertz CT molecular complexity index is 1290. The lowest BCUT2D eigenvalue weighted by molar-refractivity contribution is 0.0705. The number of thiophene rings is 1. The van der Waals surface area contributed by atoms with Crippen molar-refractivity contribution < 1.29 is 14.4 Å². The molecular formula is C24H21FN2O2S2. The summed E-state index contributed by atoms with van der Waals surface area (Å²) in [5.41, 5.74) is 5.49. The van der Waals surface area contributed by atoms with Crippen LogP contribution in [0.5, 0.6) is 0 Å². The Morgan fingerprint density at radius 1 is 1.29 bits per heavy atom. The fourth-order valence-electron chi connectivity index (χ4n) is 4.44. The molecule has 0 fully saturated rings. The van der Waals surface area contributed by atoms with Gasteiger partial charge in [0.25, 0.3) is 5.91 Å². The molecule has 0 aliphatic heterocycles. The lowest BCUT2D eigenvalue weighted by atomic mass is 9.95. The lowest BCUT2D eigenvalue weighted by Crippen LogP contribution is -2.19. The highest BCUT2D eigenvalue weighted by molar-refractivity contribution is 7.22. The van der Waals surface area contributed by atoms with Crippen molar-refractivity contribution in [2.45, 2.75) is 38.5 Å². The van der Waals surface area contributed by atoms with E-state index in [0.29, 0.717) is 18.4 Å². The Morgan fingerprint density at radius 3 is 2.94 bits per heavy atom. The molecule has 7 heteroatoms. The summed E-state index contributed by atoms with van der Waals surface area (Å²) in [6.07, 6.45) is 3.11. The number of aryl methyl sites for hydroxylation is 2. The first kappa shape index (κ1) is 20.3. The number of nitrogens with one attached hydrogen (secondary N) is 1. The van der Waals surface area contributed by atoms with Crippen LogP contribution in [0.4, 0.5) is 4.39 Å². The van der Waals surface area contributed by atoms with Crippen molar-refractivity contribution in [2.24, 2.45) is 0 Å². The number of nitrogens with zero attached hydrogens (tertiary/aromatic N) is 1. The average molecular weight is 453 g/mol. The molecule has 1 unspecified atom stereocenters. The maximum absolute atomic E-state index is 14.9. The number of halogens is 1. The molecule has 0 spiro atoms. The first-order valence-electron chi connectivity index (χ1n) is 10.2.